The number of benzene rings is 1. The van der Waals surface area contributed by atoms with E-state index in [4.69, 9.17) is 4.74 Å². The van der Waals surface area contributed by atoms with Crippen LogP contribution in [0.25, 0.3) is 0 Å². The van der Waals surface area contributed by atoms with Crippen LogP contribution in [-0.2, 0) is 23.9 Å². The van der Waals surface area contributed by atoms with Gasteiger partial charge in [-0.15, -0.1) is 0 Å². The molecule has 1 heterocycles. The van der Waals surface area contributed by atoms with E-state index in [-0.39, 0.29) is 19.8 Å². The number of ether oxygens (including phenoxy) is 1. The largest absolute Gasteiger partial charge is 0.449 e. The van der Waals surface area contributed by atoms with Gasteiger partial charge in [-0.25, -0.2) is 4.79 Å². The van der Waals surface area contributed by atoms with Crippen LogP contribution in [0, 0.1) is 0 Å². The molecule has 1 amide bonds. The molecule has 1 atom stereocenters. The molecule has 2 rings (SSSR count). The topological polar surface area (TPSA) is 49.8 Å². The Morgan fingerprint density at radius 1 is 1.39 bits per heavy atom. The first-order valence-electron chi connectivity index (χ1n) is 7.60. The number of rotatable bonds is 4. The van der Waals surface area contributed by atoms with E-state index in [0.29, 0.717) is 12.0 Å². The van der Waals surface area contributed by atoms with Gasteiger partial charge < -0.3 is 9.84 Å². The van der Waals surface area contributed by atoms with E-state index in [1.807, 2.05) is 6.92 Å². The van der Waals surface area contributed by atoms with E-state index in [1.54, 1.807) is 0 Å². The highest BCUT2D eigenvalue weighted by Crippen LogP contribution is 2.33. The first-order valence-corrected chi connectivity index (χ1v) is 7.60. The van der Waals surface area contributed by atoms with Gasteiger partial charge in [-0.2, -0.15) is 13.2 Å². The fourth-order valence-electron chi connectivity index (χ4n) is 2.59. The van der Waals surface area contributed by atoms with E-state index < -0.39 is 23.9 Å². The standard InChI is InChI=1S/C16H20F3NO3/c1-2-3-6-23-15(22)20-9-12-7-13(16(17,18)19)5-4-11(12)8-14(20)10-21/h4-5,7,14,21H,2-3,6,8-10H2,1H3. The monoisotopic (exact) mass is 331 g/mol. The highest BCUT2D eigenvalue weighted by molar-refractivity contribution is 5.68. The number of carbonyl (C=O) groups excluding carboxylic acids is 1. The zero-order valence-corrected chi connectivity index (χ0v) is 12.9. The Morgan fingerprint density at radius 2 is 2.13 bits per heavy atom. The van der Waals surface area contributed by atoms with Crippen molar-refractivity contribution in [2.75, 3.05) is 13.2 Å². The van der Waals surface area contributed by atoms with Crippen molar-refractivity contribution in [3.05, 3.63) is 34.9 Å². The first-order chi connectivity index (χ1) is 10.9. The lowest BCUT2D eigenvalue weighted by atomic mass is 9.93. The summed E-state index contributed by atoms with van der Waals surface area (Å²) in [5, 5.41) is 9.46. The number of hydrogen-bond acceptors (Lipinski definition) is 3. The molecule has 0 spiro atoms. The summed E-state index contributed by atoms with van der Waals surface area (Å²) < 4.78 is 43.6. The SMILES string of the molecule is CCCCOC(=O)N1Cc2cc(C(F)(F)F)ccc2CC1CO. The average Bonchev–Trinajstić information content (AvgIpc) is 2.52. The number of aliphatic hydroxyl groups is 1. The molecule has 128 valence electrons. The lowest BCUT2D eigenvalue weighted by molar-refractivity contribution is -0.137. The minimum Gasteiger partial charge on any atom is -0.449 e. The van der Waals surface area contributed by atoms with Crippen LogP contribution in [0.4, 0.5) is 18.0 Å². The van der Waals surface area contributed by atoms with Gasteiger partial charge in [0.05, 0.1) is 24.8 Å². The van der Waals surface area contributed by atoms with Crippen molar-refractivity contribution in [2.45, 2.75) is 44.9 Å². The van der Waals surface area contributed by atoms with Gasteiger partial charge in [0.15, 0.2) is 0 Å². The smallest absolute Gasteiger partial charge is 0.416 e. The molecule has 1 aliphatic rings. The van der Waals surface area contributed by atoms with E-state index in [2.05, 4.69) is 0 Å². The lowest BCUT2D eigenvalue weighted by Gasteiger charge is -2.35. The number of hydrogen-bond donors (Lipinski definition) is 1. The molecule has 23 heavy (non-hydrogen) atoms. The average molecular weight is 331 g/mol. The summed E-state index contributed by atoms with van der Waals surface area (Å²) in [6.07, 6.45) is -3.12. The third-order valence-electron chi connectivity index (χ3n) is 3.94. The molecular formula is C16H20F3NO3. The van der Waals surface area contributed by atoms with Gasteiger partial charge in [0, 0.05) is 6.54 Å². The summed E-state index contributed by atoms with van der Waals surface area (Å²) in [4.78, 5) is 13.4. The van der Waals surface area contributed by atoms with Crippen molar-refractivity contribution < 1.29 is 27.8 Å². The predicted molar refractivity (Wildman–Crippen MR) is 77.8 cm³/mol. The Balaban J connectivity index is 2.19. The molecule has 4 nitrogen and oxygen atoms in total. The van der Waals surface area contributed by atoms with Crippen molar-refractivity contribution in [1.82, 2.24) is 4.90 Å². The summed E-state index contributed by atoms with van der Waals surface area (Å²) >= 11 is 0. The molecule has 1 aromatic rings. The van der Waals surface area contributed by atoms with E-state index in [1.165, 1.54) is 11.0 Å². The highest BCUT2D eigenvalue weighted by Gasteiger charge is 2.34. The lowest BCUT2D eigenvalue weighted by Crippen LogP contribution is -2.46. The van der Waals surface area contributed by atoms with Crippen LogP contribution in [0.15, 0.2) is 18.2 Å². The molecule has 0 radical (unpaired) electrons. The van der Waals surface area contributed by atoms with Crippen molar-refractivity contribution in [3.8, 4) is 0 Å². The Kier molecular flexibility index (Phi) is 5.51. The van der Waals surface area contributed by atoms with Gasteiger partial charge in [-0.05, 0) is 36.1 Å². The molecule has 0 saturated carbocycles. The summed E-state index contributed by atoms with van der Waals surface area (Å²) in [5.41, 5.74) is 0.421. The molecule has 0 bridgehead atoms. The van der Waals surface area contributed by atoms with E-state index in [9.17, 15) is 23.1 Å². The molecule has 7 heteroatoms. The number of fused-ring (bicyclic) bond motifs is 1. The number of nitrogens with zero attached hydrogens (tertiary/aromatic N) is 1. The zero-order valence-electron chi connectivity index (χ0n) is 12.9. The number of unbranched alkanes of at least 4 members (excludes halogenated alkanes) is 1. The van der Waals surface area contributed by atoms with Crippen molar-refractivity contribution >= 4 is 6.09 Å². The molecule has 0 saturated heterocycles. The minimum atomic E-state index is -4.42. The molecule has 1 N–H and O–H groups in total. The molecule has 1 aromatic carbocycles. The molecule has 0 aromatic heterocycles. The van der Waals surface area contributed by atoms with Crippen LogP contribution in [0.2, 0.25) is 0 Å². The third-order valence-corrected chi connectivity index (χ3v) is 3.94. The molecule has 0 fully saturated rings. The summed E-state index contributed by atoms with van der Waals surface area (Å²) in [7, 11) is 0. The van der Waals surface area contributed by atoms with Gasteiger partial charge in [-0.1, -0.05) is 19.4 Å². The first kappa shape index (κ1) is 17.6. The molecule has 1 aliphatic heterocycles. The number of alkyl halides is 3. The number of amides is 1. The van der Waals surface area contributed by atoms with Crippen LogP contribution < -0.4 is 0 Å². The summed E-state index contributed by atoms with van der Waals surface area (Å²) in [5.74, 6) is 0. The van der Waals surface area contributed by atoms with Gasteiger partial charge in [-0.3, -0.25) is 4.90 Å². The van der Waals surface area contributed by atoms with Gasteiger partial charge in [0.25, 0.3) is 0 Å². The Morgan fingerprint density at radius 3 is 2.74 bits per heavy atom. The normalized spacial score (nSPS) is 17.8. The second-order valence-corrected chi connectivity index (χ2v) is 5.62. The van der Waals surface area contributed by atoms with Crippen LogP contribution in [-0.4, -0.2) is 35.4 Å². The molecule has 0 aliphatic carbocycles. The van der Waals surface area contributed by atoms with Crippen LogP contribution in [0.3, 0.4) is 0 Å². The van der Waals surface area contributed by atoms with Crippen LogP contribution >= 0.6 is 0 Å². The zero-order chi connectivity index (χ0) is 17.0. The Hall–Kier alpha value is -1.76. The molecular weight excluding hydrogens is 311 g/mol. The van der Waals surface area contributed by atoms with Crippen molar-refractivity contribution in [1.29, 1.82) is 0 Å². The Bertz CT molecular complexity index is 560. The summed E-state index contributed by atoms with van der Waals surface area (Å²) in [6, 6.07) is 3.03. The van der Waals surface area contributed by atoms with Gasteiger partial charge in [0.2, 0.25) is 0 Å². The van der Waals surface area contributed by atoms with Crippen LogP contribution in [0.5, 0.6) is 0 Å². The molecule has 1 unspecified atom stereocenters. The number of halogens is 3. The maximum Gasteiger partial charge on any atom is 0.416 e. The second kappa shape index (κ2) is 7.21. The van der Waals surface area contributed by atoms with E-state index >= 15 is 0 Å². The highest BCUT2D eigenvalue weighted by atomic mass is 19.4. The summed E-state index contributed by atoms with van der Waals surface area (Å²) in [6.45, 7) is 1.97. The van der Waals surface area contributed by atoms with Gasteiger partial charge in [0.1, 0.15) is 0 Å². The van der Waals surface area contributed by atoms with Gasteiger partial charge >= 0.3 is 12.3 Å². The third kappa shape index (κ3) is 4.16. The maximum atomic E-state index is 12.8. The quantitative estimate of drug-likeness (QED) is 0.861. The fourth-order valence-corrected chi connectivity index (χ4v) is 2.59. The maximum absolute atomic E-state index is 12.8. The minimum absolute atomic E-state index is 0.00936. The number of carbonyl (C=O) groups is 1. The number of aliphatic hydroxyl groups excluding tert-OH is 1. The van der Waals surface area contributed by atoms with Crippen LogP contribution in [0.1, 0.15) is 36.5 Å². The fraction of sp³-hybridized carbons (Fsp3) is 0.562. The van der Waals surface area contributed by atoms with Crippen molar-refractivity contribution in [2.24, 2.45) is 0 Å². The van der Waals surface area contributed by atoms with Crippen molar-refractivity contribution in [3.63, 3.8) is 0 Å². The van der Waals surface area contributed by atoms with E-state index in [0.717, 1.165) is 30.5 Å². The predicted octanol–water partition coefficient (Wildman–Crippen LogP) is 3.36. The second-order valence-electron chi connectivity index (χ2n) is 5.62. The Labute approximate surface area is 132 Å².